The van der Waals surface area contributed by atoms with Crippen LogP contribution in [-0.4, -0.2) is 25.2 Å². The van der Waals surface area contributed by atoms with Gasteiger partial charge in [0.2, 0.25) is 5.95 Å². The Balaban J connectivity index is 1.68. The molecule has 0 atom stereocenters. The number of fused-ring (bicyclic) bond motifs is 3. The Morgan fingerprint density at radius 3 is 2.43 bits per heavy atom. The molecule has 3 heterocycles. The van der Waals surface area contributed by atoms with E-state index in [1.165, 1.54) is 9.13 Å². The minimum Gasteiger partial charge on any atom is -0.310 e. The average Bonchev–Trinajstić information content (AvgIpc) is 3.29. The van der Waals surface area contributed by atoms with Crippen LogP contribution in [0.2, 0.25) is 0 Å². The molecule has 0 bridgehead atoms. The van der Waals surface area contributed by atoms with Crippen LogP contribution in [0.1, 0.15) is 16.7 Å². The van der Waals surface area contributed by atoms with Crippen molar-refractivity contribution in [1.29, 1.82) is 0 Å². The van der Waals surface area contributed by atoms with E-state index in [0.717, 1.165) is 28.9 Å². The molecule has 0 N–H and O–H groups in total. The molecule has 1 aliphatic rings. The van der Waals surface area contributed by atoms with E-state index in [1.54, 1.807) is 7.05 Å². The van der Waals surface area contributed by atoms with E-state index >= 15 is 0 Å². The quantitative estimate of drug-likeness (QED) is 0.530. The van der Waals surface area contributed by atoms with Crippen LogP contribution in [0, 0.1) is 13.8 Å². The van der Waals surface area contributed by atoms with Gasteiger partial charge in [-0.1, -0.05) is 42.0 Å². The lowest BCUT2D eigenvalue weighted by atomic mass is 10.1. The summed E-state index contributed by atoms with van der Waals surface area (Å²) in [5.41, 5.74) is 4.48. The van der Waals surface area contributed by atoms with Gasteiger partial charge in [-0.2, -0.15) is 4.98 Å². The number of nitrogens with zero attached hydrogens (tertiary/aromatic N) is 5. The molecule has 0 saturated heterocycles. The van der Waals surface area contributed by atoms with Crippen molar-refractivity contribution < 1.29 is 0 Å². The fourth-order valence-electron chi connectivity index (χ4n) is 4.25. The zero-order valence-electron chi connectivity index (χ0n) is 17.3. The van der Waals surface area contributed by atoms with Crippen molar-refractivity contribution >= 4 is 22.8 Å². The minimum atomic E-state index is -0.354. The average molecular weight is 401 g/mol. The van der Waals surface area contributed by atoms with E-state index in [2.05, 4.69) is 24.0 Å². The summed E-state index contributed by atoms with van der Waals surface area (Å²) in [6.45, 7) is 5.68. The highest BCUT2D eigenvalue weighted by Gasteiger charge is 2.28. The van der Waals surface area contributed by atoms with Crippen molar-refractivity contribution in [3.63, 3.8) is 0 Å². The number of rotatable bonds is 3. The maximum atomic E-state index is 13.4. The topological polar surface area (TPSA) is 65.1 Å². The third kappa shape index (κ3) is 2.77. The molecule has 1 aliphatic heterocycles. The summed E-state index contributed by atoms with van der Waals surface area (Å²) in [7, 11) is 1.68. The van der Waals surface area contributed by atoms with Crippen molar-refractivity contribution in [1.82, 2.24) is 18.7 Å². The van der Waals surface area contributed by atoms with Gasteiger partial charge in [0.15, 0.2) is 11.2 Å². The van der Waals surface area contributed by atoms with Gasteiger partial charge in [0, 0.05) is 25.8 Å². The smallest absolute Gasteiger partial charge is 0.310 e. The fraction of sp³-hybridized carbons (Fsp3) is 0.261. The summed E-state index contributed by atoms with van der Waals surface area (Å²) in [5, 5.41) is 0. The second kappa shape index (κ2) is 6.73. The van der Waals surface area contributed by atoms with Crippen molar-refractivity contribution in [3.8, 4) is 0 Å². The second-order valence-electron chi connectivity index (χ2n) is 7.95. The van der Waals surface area contributed by atoms with Gasteiger partial charge in [-0.05, 0) is 37.1 Å². The normalized spacial score (nSPS) is 13.2. The van der Waals surface area contributed by atoms with E-state index < -0.39 is 0 Å². The highest BCUT2D eigenvalue weighted by molar-refractivity contribution is 5.77. The van der Waals surface area contributed by atoms with Gasteiger partial charge in [0.05, 0.1) is 6.54 Å². The summed E-state index contributed by atoms with van der Waals surface area (Å²) in [6.07, 6.45) is 0. The lowest BCUT2D eigenvalue weighted by molar-refractivity contribution is 0.652. The molecule has 0 radical (unpaired) electrons. The predicted molar refractivity (Wildman–Crippen MR) is 118 cm³/mol. The highest BCUT2D eigenvalue weighted by atomic mass is 16.2. The molecule has 4 aromatic rings. The molecule has 152 valence electrons. The van der Waals surface area contributed by atoms with Crippen LogP contribution in [0.4, 0.5) is 11.6 Å². The zero-order valence-corrected chi connectivity index (χ0v) is 17.3. The van der Waals surface area contributed by atoms with Gasteiger partial charge in [-0.15, -0.1) is 0 Å². The van der Waals surface area contributed by atoms with Crippen LogP contribution >= 0.6 is 0 Å². The summed E-state index contributed by atoms with van der Waals surface area (Å²) in [5.74, 6) is 0.705. The van der Waals surface area contributed by atoms with Crippen LogP contribution in [0.5, 0.6) is 0 Å². The Kier molecular flexibility index (Phi) is 4.13. The Bertz CT molecular complexity index is 1410. The molecule has 7 heteroatoms. The van der Waals surface area contributed by atoms with Crippen molar-refractivity contribution in [2.75, 3.05) is 11.4 Å². The Morgan fingerprint density at radius 2 is 1.70 bits per heavy atom. The lowest BCUT2D eigenvalue weighted by Gasteiger charge is -2.16. The second-order valence-corrected chi connectivity index (χ2v) is 7.95. The third-order valence-corrected chi connectivity index (χ3v) is 5.74. The number of imidazole rings is 1. The molecular weight excluding hydrogens is 378 g/mol. The molecule has 0 aliphatic carbocycles. The molecule has 0 amide bonds. The summed E-state index contributed by atoms with van der Waals surface area (Å²) in [4.78, 5) is 33.2. The molecule has 0 fully saturated rings. The molecule has 0 unspecified atom stereocenters. The number of hydrogen-bond acceptors (Lipinski definition) is 4. The first-order chi connectivity index (χ1) is 14.4. The first-order valence-corrected chi connectivity index (χ1v) is 10.0. The zero-order chi connectivity index (χ0) is 21.0. The number of aromatic nitrogens is 4. The van der Waals surface area contributed by atoms with E-state index in [4.69, 9.17) is 4.98 Å². The van der Waals surface area contributed by atoms with Crippen LogP contribution < -0.4 is 16.1 Å². The summed E-state index contributed by atoms with van der Waals surface area (Å²) in [6, 6.07) is 16.1. The van der Waals surface area contributed by atoms with Crippen molar-refractivity contribution in [2.45, 2.75) is 26.9 Å². The van der Waals surface area contributed by atoms with Crippen molar-refractivity contribution in [3.05, 3.63) is 86.1 Å². The third-order valence-electron chi connectivity index (χ3n) is 5.74. The van der Waals surface area contributed by atoms with Gasteiger partial charge < -0.3 is 9.47 Å². The van der Waals surface area contributed by atoms with Gasteiger partial charge in [-0.3, -0.25) is 13.9 Å². The summed E-state index contributed by atoms with van der Waals surface area (Å²) < 4.78 is 4.72. The molecule has 7 nitrogen and oxygen atoms in total. The van der Waals surface area contributed by atoms with E-state index in [0.29, 0.717) is 23.7 Å². The van der Waals surface area contributed by atoms with Gasteiger partial charge >= 0.3 is 5.69 Å². The molecule has 2 aromatic carbocycles. The molecular formula is C23H23N5O2. The molecule has 30 heavy (non-hydrogen) atoms. The molecule has 5 rings (SSSR count). The first-order valence-electron chi connectivity index (χ1n) is 10.0. The highest BCUT2D eigenvalue weighted by Crippen LogP contribution is 2.31. The Morgan fingerprint density at radius 1 is 0.967 bits per heavy atom. The number of anilines is 2. The van der Waals surface area contributed by atoms with E-state index in [9.17, 15) is 9.59 Å². The fourth-order valence-corrected chi connectivity index (χ4v) is 4.25. The predicted octanol–water partition coefficient (Wildman–Crippen LogP) is 2.71. The maximum Gasteiger partial charge on any atom is 0.332 e. The van der Waals surface area contributed by atoms with Crippen molar-refractivity contribution in [2.24, 2.45) is 7.05 Å². The van der Waals surface area contributed by atoms with Gasteiger partial charge in [0.1, 0.15) is 0 Å². The van der Waals surface area contributed by atoms with Gasteiger partial charge in [0.25, 0.3) is 5.56 Å². The SMILES string of the molecule is Cc1cccc(Cn2c(=O)c3c(nc4n3CCN4c3cccc(C)c3)n(C)c2=O)c1. The number of aryl methyl sites for hydroxylation is 3. The van der Waals surface area contributed by atoms with E-state index in [-0.39, 0.29) is 17.8 Å². The van der Waals surface area contributed by atoms with Crippen LogP contribution in [0.15, 0.2) is 58.1 Å². The van der Waals surface area contributed by atoms with Crippen LogP contribution in [-0.2, 0) is 20.1 Å². The first kappa shape index (κ1) is 18.4. The number of hydrogen-bond donors (Lipinski definition) is 0. The number of benzene rings is 2. The largest absolute Gasteiger partial charge is 0.332 e. The lowest BCUT2D eigenvalue weighted by Crippen LogP contribution is -2.40. The van der Waals surface area contributed by atoms with Crippen LogP contribution in [0.3, 0.4) is 0 Å². The molecule has 0 saturated carbocycles. The standard InChI is InChI=1S/C23H23N5O2/c1-15-6-4-8-17(12-15)14-28-21(29)19-20(25(3)23(28)30)24-22-26(10-11-27(19)22)18-9-5-7-16(2)13-18/h4-9,12-13H,10-11,14H2,1-3H3. The Labute approximate surface area is 173 Å². The van der Waals surface area contributed by atoms with E-state index in [1.807, 2.05) is 47.9 Å². The monoisotopic (exact) mass is 401 g/mol. The summed E-state index contributed by atoms with van der Waals surface area (Å²) >= 11 is 0. The Hall–Kier alpha value is -3.61. The molecule has 0 spiro atoms. The van der Waals surface area contributed by atoms with Crippen LogP contribution in [0.25, 0.3) is 11.2 Å². The molecule has 2 aromatic heterocycles. The minimum absolute atomic E-state index is 0.241. The maximum absolute atomic E-state index is 13.4. The van der Waals surface area contributed by atoms with Gasteiger partial charge in [-0.25, -0.2) is 4.79 Å².